The summed E-state index contributed by atoms with van der Waals surface area (Å²) >= 11 is 0. The topological polar surface area (TPSA) is 91.9 Å². The van der Waals surface area contributed by atoms with Gasteiger partial charge in [-0.15, -0.1) is 0 Å². The van der Waals surface area contributed by atoms with Crippen molar-refractivity contribution in [3.63, 3.8) is 0 Å². The van der Waals surface area contributed by atoms with Gasteiger partial charge in [-0.3, -0.25) is 4.79 Å². The van der Waals surface area contributed by atoms with Gasteiger partial charge in [-0.25, -0.2) is 18.1 Å². The summed E-state index contributed by atoms with van der Waals surface area (Å²) in [4.78, 5) is 20.5. The van der Waals surface area contributed by atoms with E-state index < -0.39 is 10.0 Å². The smallest absolute Gasteiger partial charge is 0.208 e. The Morgan fingerprint density at radius 2 is 2.11 bits per heavy atom. The SMILES string of the molecule is CS(=O)(=O)NCCC(C(=O)CCc1c[nH]c2ncccc12)C1CCCCC1. The highest BCUT2D eigenvalue weighted by Crippen LogP contribution is 2.33. The number of aromatic amines is 1. The van der Waals surface area contributed by atoms with Gasteiger partial charge in [0.15, 0.2) is 0 Å². The molecule has 1 fully saturated rings. The highest BCUT2D eigenvalue weighted by atomic mass is 32.2. The minimum atomic E-state index is -3.22. The number of hydrogen-bond acceptors (Lipinski definition) is 4. The maximum Gasteiger partial charge on any atom is 0.208 e. The van der Waals surface area contributed by atoms with E-state index in [2.05, 4.69) is 14.7 Å². The fourth-order valence-corrected chi connectivity index (χ4v) is 4.75. The molecule has 2 heterocycles. The van der Waals surface area contributed by atoms with E-state index in [1.54, 1.807) is 6.20 Å². The highest BCUT2D eigenvalue weighted by molar-refractivity contribution is 7.88. The third-order valence-corrected chi connectivity index (χ3v) is 6.36. The average Bonchev–Trinajstić information content (AvgIpc) is 3.06. The van der Waals surface area contributed by atoms with Crippen molar-refractivity contribution in [2.75, 3.05) is 12.8 Å². The molecule has 2 N–H and O–H groups in total. The minimum absolute atomic E-state index is 0.0529. The monoisotopic (exact) mass is 391 g/mol. The number of nitrogens with one attached hydrogen (secondary N) is 2. The second-order valence-corrected chi connectivity index (χ2v) is 9.47. The zero-order chi connectivity index (χ0) is 19.3. The number of sulfonamides is 1. The number of H-pyrrole nitrogens is 1. The third-order valence-electron chi connectivity index (χ3n) is 5.63. The van der Waals surface area contributed by atoms with E-state index in [9.17, 15) is 13.2 Å². The minimum Gasteiger partial charge on any atom is -0.346 e. The second-order valence-electron chi connectivity index (χ2n) is 7.64. The number of ketones is 1. The first-order chi connectivity index (χ1) is 12.9. The molecule has 0 radical (unpaired) electrons. The molecule has 0 aliphatic heterocycles. The zero-order valence-corrected chi connectivity index (χ0v) is 16.7. The third kappa shape index (κ3) is 5.62. The molecule has 1 saturated carbocycles. The molecular weight excluding hydrogens is 362 g/mol. The Kier molecular flexibility index (Phi) is 6.65. The first-order valence-electron chi connectivity index (χ1n) is 9.82. The van der Waals surface area contributed by atoms with E-state index in [0.29, 0.717) is 31.7 Å². The van der Waals surface area contributed by atoms with Gasteiger partial charge in [-0.05, 0) is 49.3 Å². The Hall–Kier alpha value is -1.73. The molecule has 3 rings (SSSR count). The Balaban J connectivity index is 1.64. The van der Waals surface area contributed by atoms with Crippen LogP contribution in [0.2, 0.25) is 0 Å². The molecule has 6 nitrogen and oxygen atoms in total. The van der Waals surface area contributed by atoms with Crippen LogP contribution < -0.4 is 4.72 Å². The number of aryl methyl sites for hydroxylation is 1. The van der Waals surface area contributed by atoms with Crippen molar-refractivity contribution in [3.8, 4) is 0 Å². The van der Waals surface area contributed by atoms with E-state index in [0.717, 1.165) is 35.7 Å². The average molecular weight is 392 g/mol. The standard InChI is InChI=1S/C20H29N3O3S/c1-27(25,26)23-13-11-17(15-6-3-2-4-7-15)19(24)10-9-16-14-22-20-18(16)8-5-12-21-20/h5,8,12,14-15,17,23H,2-4,6-7,9-11,13H2,1H3,(H,21,22). The van der Waals surface area contributed by atoms with E-state index >= 15 is 0 Å². The predicted molar refractivity (Wildman–Crippen MR) is 107 cm³/mol. The highest BCUT2D eigenvalue weighted by Gasteiger charge is 2.29. The lowest BCUT2D eigenvalue weighted by atomic mass is 9.75. The van der Waals surface area contributed by atoms with Crippen LogP contribution in [-0.4, -0.2) is 37.0 Å². The van der Waals surface area contributed by atoms with E-state index in [1.165, 1.54) is 19.3 Å². The lowest BCUT2D eigenvalue weighted by Crippen LogP contribution is -2.31. The largest absolute Gasteiger partial charge is 0.346 e. The number of fused-ring (bicyclic) bond motifs is 1. The summed E-state index contributed by atoms with van der Waals surface area (Å²) in [6.07, 6.45) is 12.3. The predicted octanol–water partition coefficient (Wildman–Crippen LogP) is 3.20. The number of carbonyl (C=O) groups excluding carboxylic acids is 1. The first kappa shape index (κ1) is 20.0. The summed E-state index contributed by atoms with van der Waals surface area (Å²) in [6, 6.07) is 3.93. The molecular formula is C20H29N3O3S. The summed E-state index contributed by atoms with van der Waals surface area (Å²) in [5.41, 5.74) is 1.96. The van der Waals surface area contributed by atoms with Gasteiger partial charge in [0.25, 0.3) is 0 Å². The van der Waals surface area contributed by atoms with Gasteiger partial charge >= 0.3 is 0 Å². The number of pyridine rings is 1. The number of Topliss-reactive ketones (excluding diaryl/α,β-unsaturated/α-hetero) is 1. The molecule has 1 atom stereocenters. The Labute approximate surface area is 161 Å². The molecule has 7 heteroatoms. The number of rotatable bonds is 9. The fraction of sp³-hybridized carbons (Fsp3) is 0.600. The van der Waals surface area contributed by atoms with E-state index in [4.69, 9.17) is 0 Å². The second kappa shape index (κ2) is 8.97. The number of nitrogens with zero attached hydrogens (tertiary/aromatic N) is 1. The van der Waals surface area contributed by atoms with E-state index in [1.807, 2.05) is 18.3 Å². The van der Waals surface area contributed by atoms with Crippen molar-refractivity contribution in [2.24, 2.45) is 11.8 Å². The van der Waals surface area contributed by atoms with Crippen LogP contribution in [-0.2, 0) is 21.2 Å². The van der Waals surface area contributed by atoms with Crippen molar-refractivity contribution in [1.29, 1.82) is 0 Å². The molecule has 148 valence electrons. The van der Waals surface area contributed by atoms with Gasteiger partial charge in [-0.2, -0.15) is 0 Å². The summed E-state index contributed by atoms with van der Waals surface area (Å²) < 4.78 is 25.3. The van der Waals surface area contributed by atoms with Crippen LogP contribution in [0.25, 0.3) is 11.0 Å². The van der Waals surface area contributed by atoms with E-state index in [-0.39, 0.29) is 11.7 Å². The van der Waals surface area contributed by atoms with Gasteiger partial charge in [-0.1, -0.05) is 19.3 Å². The summed E-state index contributed by atoms with van der Waals surface area (Å²) in [7, 11) is -3.22. The van der Waals surface area contributed by atoms with Crippen LogP contribution in [0.3, 0.4) is 0 Å². The molecule has 27 heavy (non-hydrogen) atoms. The number of carbonyl (C=O) groups is 1. The van der Waals surface area contributed by atoms with Crippen LogP contribution >= 0.6 is 0 Å². The number of aromatic nitrogens is 2. The first-order valence-corrected chi connectivity index (χ1v) is 11.7. The van der Waals surface area contributed by atoms with Crippen LogP contribution in [0.15, 0.2) is 24.5 Å². The molecule has 1 unspecified atom stereocenters. The molecule has 1 aliphatic rings. The quantitative estimate of drug-likeness (QED) is 0.687. The van der Waals surface area contributed by atoms with Crippen LogP contribution in [0.4, 0.5) is 0 Å². The number of hydrogen-bond donors (Lipinski definition) is 2. The van der Waals surface area contributed by atoms with Gasteiger partial charge in [0, 0.05) is 36.7 Å². The van der Waals surface area contributed by atoms with Gasteiger partial charge < -0.3 is 4.98 Å². The molecule has 0 saturated heterocycles. The van der Waals surface area contributed by atoms with Crippen LogP contribution in [0.5, 0.6) is 0 Å². The molecule has 0 spiro atoms. The van der Waals surface area contributed by atoms with Gasteiger partial charge in [0.1, 0.15) is 11.4 Å². The summed E-state index contributed by atoms with van der Waals surface area (Å²) in [5.74, 6) is 0.593. The molecule has 2 aromatic rings. The van der Waals surface area contributed by atoms with Crippen molar-refractivity contribution < 1.29 is 13.2 Å². The molecule has 2 aromatic heterocycles. The fourth-order valence-electron chi connectivity index (χ4n) is 4.26. The van der Waals surface area contributed by atoms with Crippen molar-refractivity contribution in [1.82, 2.24) is 14.7 Å². The van der Waals surface area contributed by atoms with Gasteiger partial charge in [0.05, 0.1) is 6.26 Å². The van der Waals surface area contributed by atoms with Crippen LogP contribution in [0, 0.1) is 11.8 Å². The van der Waals surface area contributed by atoms with Crippen molar-refractivity contribution in [3.05, 3.63) is 30.1 Å². The maximum atomic E-state index is 13.0. The van der Waals surface area contributed by atoms with Crippen molar-refractivity contribution in [2.45, 2.75) is 51.4 Å². The van der Waals surface area contributed by atoms with Gasteiger partial charge in [0.2, 0.25) is 10.0 Å². The zero-order valence-electron chi connectivity index (χ0n) is 15.9. The lowest BCUT2D eigenvalue weighted by Gasteiger charge is -2.29. The maximum absolute atomic E-state index is 13.0. The molecule has 0 amide bonds. The summed E-state index contributed by atoms with van der Waals surface area (Å²) in [6.45, 7) is 0.336. The molecule has 0 bridgehead atoms. The molecule has 1 aliphatic carbocycles. The molecule has 0 aromatic carbocycles. The Morgan fingerprint density at radius 1 is 1.33 bits per heavy atom. The Morgan fingerprint density at radius 3 is 2.85 bits per heavy atom. The van der Waals surface area contributed by atoms with Crippen molar-refractivity contribution >= 4 is 26.8 Å². The Bertz CT molecular complexity index is 869. The van der Waals surface area contributed by atoms with Crippen LogP contribution in [0.1, 0.15) is 50.5 Å². The summed E-state index contributed by atoms with van der Waals surface area (Å²) in [5, 5.41) is 1.07. The lowest BCUT2D eigenvalue weighted by molar-refractivity contribution is -0.125. The normalized spacial score (nSPS) is 17.2.